The van der Waals surface area contributed by atoms with Gasteiger partial charge in [-0.25, -0.2) is 0 Å². The summed E-state index contributed by atoms with van der Waals surface area (Å²) in [5.74, 6) is -0.0609. The van der Waals surface area contributed by atoms with Crippen molar-refractivity contribution in [1.82, 2.24) is 4.90 Å². The highest BCUT2D eigenvalue weighted by Crippen LogP contribution is 1.99. The molecule has 2 atom stereocenters. The van der Waals surface area contributed by atoms with E-state index in [0.29, 0.717) is 6.54 Å². The van der Waals surface area contributed by atoms with Gasteiger partial charge in [0.05, 0.1) is 11.4 Å². The molecule has 0 heterocycles. The molecule has 0 aliphatic rings. The lowest BCUT2D eigenvalue weighted by molar-refractivity contribution is -0.130. The predicted octanol–water partition coefficient (Wildman–Crippen LogP) is 0.144. The number of hydrogen-bond donors (Lipinski definition) is 2. The van der Waals surface area contributed by atoms with Gasteiger partial charge in [0.25, 0.3) is 0 Å². The van der Waals surface area contributed by atoms with Crippen LogP contribution in [0.4, 0.5) is 0 Å². The van der Waals surface area contributed by atoms with Crippen molar-refractivity contribution in [2.75, 3.05) is 13.6 Å². The maximum absolute atomic E-state index is 11.1. The van der Waals surface area contributed by atoms with E-state index in [2.05, 4.69) is 12.6 Å². The van der Waals surface area contributed by atoms with Crippen molar-refractivity contribution in [2.24, 2.45) is 0 Å². The molecule has 0 aromatic rings. The Morgan fingerprint density at radius 2 is 2.09 bits per heavy atom. The number of amides is 1. The van der Waals surface area contributed by atoms with Gasteiger partial charge in [0.15, 0.2) is 0 Å². The maximum Gasteiger partial charge on any atom is 0.234 e. The highest BCUT2D eigenvalue weighted by atomic mass is 32.1. The Bertz CT molecular complexity index is 136. The van der Waals surface area contributed by atoms with Crippen LogP contribution in [0.2, 0.25) is 0 Å². The standard InChI is InChI=1S/C7H15NO2S/c1-5(9)4-8(3)7(10)6(2)11/h5-6,9,11H,4H2,1-3H3. The molecular weight excluding hydrogens is 162 g/mol. The second kappa shape index (κ2) is 4.62. The van der Waals surface area contributed by atoms with Gasteiger partial charge in [-0.3, -0.25) is 4.79 Å². The largest absolute Gasteiger partial charge is 0.392 e. The van der Waals surface area contributed by atoms with Crippen LogP contribution in [0.15, 0.2) is 0 Å². The minimum atomic E-state index is -0.476. The molecule has 0 saturated carbocycles. The van der Waals surface area contributed by atoms with Gasteiger partial charge in [-0.15, -0.1) is 0 Å². The van der Waals surface area contributed by atoms with Crippen LogP contribution in [0.1, 0.15) is 13.8 Å². The zero-order chi connectivity index (χ0) is 9.02. The number of nitrogens with zero attached hydrogens (tertiary/aromatic N) is 1. The zero-order valence-electron chi connectivity index (χ0n) is 7.11. The molecule has 0 aliphatic heterocycles. The number of carbonyl (C=O) groups is 1. The van der Waals surface area contributed by atoms with Crippen LogP contribution < -0.4 is 0 Å². The summed E-state index contributed by atoms with van der Waals surface area (Å²) in [6.07, 6.45) is -0.476. The quantitative estimate of drug-likeness (QED) is 0.602. The molecule has 4 heteroatoms. The van der Waals surface area contributed by atoms with Crippen LogP contribution in [0.25, 0.3) is 0 Å². The second-order valence-corrected chi connectivity index (χ2v) is 3.52. The third kappa shape index (κ3) is 4.27. The zero-order valence-corrected chi connectivity index (χ0v) is 8.01. The maximum atomic E-state index is 11.1. The van der Waals surface area contributed by atoms with Crippen LogP contribution in [-0.4, -0.2) is 40.9 Å². The number of carbonyl (C=O) groups excluding carboxylic acids is 1. The van der Waals surface area contributed by atoms with Crippen molar-refractivity contribution >= 4 is 18.5 Å². The molecule has 1 amide bonds. The Morgan fingerprint density at radius 3 is 2.36 bits per heavy atom. The fourth-order valence-electron chi connectivity index (χ4n) is 0.805. The third-order valence-corrected chi connectivity index (χ3v) is 1.49. The summed E-state index contributed by atoms with van der Waals surface area (Å²) in [5.41, 5.74) is 0. The molecule has 1 N–H and O–H groups in total. The number of rotatable bonds is 3. The number of aliphatic hydroxyl groups excluding tert-OH is 1. The van der Waals surface area contributed by atoms with Gasteiger partial charge in [-0.05, 0) is 13.8 Å². The van der Waals surface area contributed by atoms with Crippen molar-refractivity contribution in [3.8, 4) is 0 Å². The van der Waals surface area contributed by atoms with E-state index in [1.54, 1.807) is 20.9 Å². The molecule has 11 heavy (non-hydrogen) atoms. The molecule has 3 nitrogen and oxygen atoms in total. The Hall–Kier alpha value is -0.220. The summed E-state index contributed by atoms with van der Waals surface area (Å²) < 4.78 is 0. The van der Waals surface area contributed by atoms with Crippen LogP contribution in [0, 0.1) is 0 Å². The first-order chi connectivity index (χ1) is 4.95. The van der Waals surface area contributed by atoms with Crippen LogP contribution >= 0.6 is 12.6 Å². The molecule has 0 rings (SSSR count). The van der Waals surface area contributed by atoms with Crippen LogP contribution in [0.5, 0.6) is 0 Å². The smallest absolute Gasteiger partial charge is 0.234 e. The first-order valence-electron chi connectivity index (χ1n) is 3.56. The SMILES string of the molecule is CC(O)CN(C)C(=O)C(C)S. The number of hydrogen-bond acceptors (Lipinski definition) is 3. The fraction of sp³-hybridized carbons (Fsp3) is 0.857. The molecular formula is C7H15NO2S. The van der Waals surface area contributed by atoms with Gasteiger partial charge in [0.1, 0.15) is 0 Å². The summed E-state index contributed by atoms with van der Waals surface area (Å²) in [4.78, 5) is 12.6. The number of aliphatic hydroxyl groups is 1. The van der Waals surface area contributed by atoms with Gasteiger partial charge in [0, 0.05) is 13.6 Å². The summed E-state index contributed by atoms with van der Waals surface area (Å²) in [6.45, 7) is 3.72. The molecule has 0 fully saturated rings. The first kappa shape index (κ1) is 10.8. The van der Waals surface area contributed by atoms with Crippen LogP contribution in [0.3, 0.4) is 0 Å². The van der Waals surface area contributed by atoms with Crippen molar-refractivity contribution in [3.05, 3.63) is 0 Å². The summed E-state index contributed by atoms with van der Waals surface area (Å²) in [7, 11) is 1.65. The van der Waals surface area contributed by atoms with Gasteiger partial charge in [0.2, 0.25) is 5.91 Å². The molecule has 66 valence electrons. The van der Waals surface area contributed by atoms with E-state index < -0.39 is 6.10 Å². The molecule has 2 unspecified atom stereocenters. The lowest BCUT2D eigenvalue weighted by Crippen LogP contribution is -2.36. The number of thiol groups is 1. The summed E-state index contributed by atoms with van der Waals surface area (Å²) >= 11 is 3.98. The van der Waals surface area contributed by atoms with Crippen LogP contribution in [-0.2, 0) is 4.79 Å². The minimum Gasteiger partial charge on any atom is -0.392 e. The van der Waals surface area contributed by atoms with E-state index in [1.165, 1.54) is 4.90 Å². The normalized spacial score (nSPS) is 15.7. The average Bonchev–Trinajstić information content (AvgIpc) is 1.84. The van der Waals surface area contributed by atoms with Crippen molar-refractivity contribution < 1.29 is 9.90 Å². The van der Waals surface area contributed by atoms with Crippen molar-refractivity contribution in [1.29, 1.82) is 0 Å². The van der Waals surface area contributed by atoms with Gasteiger partial charge >= 0.3 is 0 Å². The third-order valence-electron chi connectivity index (χ3n) is 1.27. The molecule has 0 aromatic carbocycles. The van der Waals surface area contributed by atoms with Gasteiger partial charge in [-0.1, -0.05) is 0 Å². The topological polar surface area (TPSA) is 40.5 Å². The van der Waals surface area contributed by atoms with Gasteiger partial charge < -0.3 is 10.0 Å². The highest BCUT2D eigenvalue weighted by molar-refractivity contribution is 7.81. The Kier molecular flexibility index (Phi) is 4.52. The average molecular weight is 177 g/mol. The fourth-order valence-corrected chi connectivity index (χ4v) is 1.00. The lowest BCUT2D eigenvalue weighted by atomic mass is 10.3. The van der Waals surface area contributed by atoms with Crippen molar-refractivity contribution in [2.45, 2.75) is 25.2 Å². The molecule has 0 aromatic heterocycles. The molecule has 0 radical (unpaired) electrons. The van der Waals surface area contributed by atoms with E-state index in [0.717, 1.165) is 0 Å². The van der Waals surface area contributed by atoms with E-state index in [-0.39, 0.29) is 11.2 Å². The monoisotopic (exact) mass is 177 g/mol. The summed E-state index contributed by atoms with van der Waals surface area (Å²) in [5, 5.41) is 8.64. The molecule has 0 aliphatic carbocycles. The van der Waals surface area contributed by atoms with E-state index in [9.17, 15) is 4.79 Å². The second-order valence-electron chi connectivity index (χ2n) is 2.74. The van der Waals surface area contributed by atoms with E-state index in [1.807, 2.05) is 0 Å². The van der Waals surface area contributed by atoms with E-state index in [4.69, 9.17) is 5.11 Å². The van der Waals surface area contributed by atoms with E-state index >= 15 is 0 Å². The predicted molar refractivity (Wildman–Crippen MR) is 47.8 cm³/mol. The highest BCUT2D eigenvalue weighted by Gasteiger charge is 2.14. The van der Waals surface area contributed by atoms with Gasteiger partial charge in [-0.2, -0.15) is 12.6 Å². The molecule has 0 saturated heterocycles. The van der Waals surface area contributed by atoms with Crippen molar-refractivity contribution in [3.63, 3.8) is 0 Å². The molecule has 0 bridgehead atoms. The Balaban J connectivity index is 3.83. The Morgan fingerprint density at radius 1 is 1.64 bits per heavy atom. The number of likely N-dealkylation sites (N-methyl/N-ethyl adjacent to an activating group) is 1. The minimum absolute atomic E-state index is 0.0609. The lowest BCUT2D eigenvalue weighted by Gasteiger charge is -2.20. The Labute approximate surface area is 72.8 Å². The molecule has 0 spiro atoms. The summed E-state index contributed by atoms with van der Waals surface area (Å²) in [6, 6.07) is 0. The first-order valence-corrected chi connectivity index (χ1v) is 4.08.